The van der Waals surface area contributed by atoms with Gasteiger partial charge in [0.1, 0.15) is 5.15 Å². The van der Waals surface area contributed by atoms with E-state index in [9.17, 15) is 5.11 Å². The van der Waals surface area contributed by atoms with Crippen molar-refractivity contribution < 1.29 is 5.11 Å². The molecule has 1 saturated heterocycles. The topological polar surface area (TPSA) is 36.4 Å². The normalized spacial score (nSPS) is 46.7. The van der Waals surface area contributed by atoms with Gasteiger partial charge in [-0.05, 0) is 55.7 Å². The van der Waals surface area contributed by atoms with Crippen LogP contribution >= 0.6 is 11.6 Å². The van der Waals surface area contributed by atoms with Gasteiger partial charge < -0.3 is 5.11 Å². The molecular formula is C18H23ClN2O. The Bertz CT molecular complexity index is 588. The fraction of sp³-hybridized carbons (Fsp3) is 0.722. The summed E-state index contributed by atoms with van der Waals surface area (Å²) in [6.07, 6.45) is 9.47. The van der Waals surface area contributed by atoms with Gasteiger partial charge in [-0.15, -0.1) is 0 Å². The van der Waals surface area contributed by atoms with Gasteiger partial charge in [-0.25, -0.2) is 4.98 Å². The molecule has 0 spiro atoms. The summed E-state index contributed by atoms with van der Waals surface area (Å²) in [5.41, 5.74) is 0.806. The lowest BCUT2D eigenvalue weighted by molar-refractivity contribution is -0.217. The van der Waals surface area contributed by atoms with E-state index in [1.54, 1.807) is 6.20 Å². The number of likely N-dealkylation sites (tertiary alicyclic amines) is 1. The molecule has 3 nitrogen and oxygen atoms in total. The molecule has 0 radical (unpaired) electrons. The van der Waals surface area contributed by atoms with E-state index >= 15 is 0 Å². The summed E-state index contributed by atoms with van der Waals surface area (Å²) in [5, 5.41) is 12.1. The third kappa shape index (κ3) is 1.68. The molecule has 5 aliphatic rings. The molecule has 1 unspecified atom stereocenters. The number of hydrogen-bond acceptors (Lipinski definition) is 3. The summed E-state index contributed by atoms with van der Waals surface area (Å²) in [6.45, 7) is 2.11. The molecule has 6 rings (SSSR count). The zero-order chi connectivity index (χ0) is 14.9. The molecule has 1 aromatic rings. The Labute approximate surface area is 136 Å². The summed E-state index contributed by atoms with van der Waals surface area (Å²) in [4.78, 5) is 6.82. The van der Waals surface area contributed by atoms with Crippen LogP contribution in [0.5, 0.6) is 0 Å². The Morgan fingerprint density at radius 3 is 2.41 bits per heavy atom. The summed E-state index contributed by atoms with van der Waals surface area (Å²) in [5.74, 6) is 1.69. The number of hydrogen-bond donors (Lipinski definition) is 1. The first-order valence-corrected chi connectivity index (χ1v) is 9.07. The van der Waals surface area contributed by atoms with Crippen molar-refractivity contribution in [2.45, 2.75) is 49.7 Å². The smallest absolute Gasteiger partial charge is 0.129 e. The molecule has 2 heterocycles. The van der Waals surface area contributed by atoms with Crippen molar-refractivity contribution in [1.82, 2.24) is 9.88 Å². The Kier molecular flexibility index (Phi) is 2.79. The molecule has 1 aliphatic heterocycles. The van der Waals surface area contributed by atoms with Crippen LogP contribution in [0, 0.1) is 17.8 Å². The molecule has 0 amide bonds. The summed E-state index contributed by atoms with van der Waals surface area (Å²) in [7, 11) is 0. The average Bonchev–Trinajstić information content (AvgIpc) is 2.36. The average molecular weight is 319 g/mol. The van der Waals surface area contributed by atoms with Gasteiger partial charge in [0.05, 0.1) is 5.60 Å². The van der Waals surface area contributed by atoms with Crippen molar-refractivity contribution >= 4 is 11.6 Å². The van der Waals surface area contributed by atoms with Crippen LogP contribution in [0.2, 0.25) is 5.15 Å². The number of rotatable bonds is 2. The number of piperidine rings is 1. The molecule has 4 aliphatic carbocycles. The van der Waals surface area contributed by atoms with Gasteiger partial charge >= 0.3 is 0 Å². The maximum atomic E-state index is 11.6. The van der Waals surface area contributed by atoms with E-state index < -0.39 is 5.60 Å². The van der Waals surface area contributed by atoms with Crippen LogP contribution in [0.4, 0.5) is 0 Å². The summed E-state index contributed by atoms with van der Waals surface area (Å²) < 4.78 is 0. The Morgan fingerprint density at radius 1 is 1.18 bits per heavy atom. The van der Waals surface area contributed by atoms with Crippen molar-refractivity contribution in [2.75, 3.05) is 13.1 Å². The molecule has 1 N–H and O–H groups in total. The van der Waals surface area contributed by atoms with Crippen molar-refractivity contribution in [1.29, 1.82) is 0 Å². The molecule has 4 heteroatoms. The van der Waals surface area contributed by atoms with Crippen molar-refractivity contribution in [3.63, 3.8) is 0 Å². The standard InChI is InChI=1S/C18H23ClN2O/c19-16-6-13(4-5-20-16)18(22)14-2-1-3-15(18)11-21(10-14)17-7-12(8-17)9-17/h4-6,12,14-15,22H,1-3,7-11H2/t12?,14-,15+,17?,18?. The molecule has 22 heavy (non-hydrogen) atoms. The second-order valence-electron chi connectivity index (χ2n) is 8.13. The SMILES string of the molecule is OC1(c2ccnc(Cl)c2)[C@@H]2CCC[C@H]1CN(C13CC(C1)C3)C2. The maximum Gasteiger partial charge on any atom is 0.129 e. The highest BCUT2D eigenvalue weighted by Crippen LogP contribution is 2.63. The minimum atomic E-state index is -0.704. The number of halogens is 1. The van der Waals surface area contributed by atoms with E-state index in [-0.39, 0.29) is 0 Å². The number of fused-ring (bicyclic) bond motifs is 2. The number of aromatic nitrogens is 1. The van der Waals surface area contributed by atoms with Crippen LogP contribution in [-0.2, 0) is 5.60 Å². The first-order valence-electron chi connectivity index (χ1n) is 8.70. The predicted molar refractivity (Wildman–Crippen MR) is 85.6 cm³/mol. The molecular weight excluding hydrogens is 296 g/mol. The summed E-state index contributed by atoms with van der Waals surface area (Å²) in [6, 6.07) is 3.84. The third-order valence-electron chi connectivity index (χ3n) is 7.10. The molecule has 4 saturated carbocycles. The van der Waals surface area contributed by atoms with Crippen LogP contribution in [0.3, 0.4) is 0 Å². The predicted octanol–water partition coefficient (Wildman–Crippen LogP) is 3.21. The Balaban J connectivity index is 1.49. The Hall–Kier alpha value is -0.640. The van der Waals surface area contributed by atoms with E-state index in [4.69, 9.17) is 11.6 Å². The zero-order valence-electron chi connectivity index (χ0n) is 12.8. The van der Waals surface area contributed by atoms with Gasteiger partial charge in [0, 0.05) is 36.7 Å². The van der Waals surface area contributed by atoms with Crippen LogP contribution in [0.15, 0.2) is 18.3 Å². The largest absolute Gasteiger partial charge is 0.384 e. The molecule has 0 aromatic carbocycles. The van der Waals surface area contributed by atoms with E-state index in [0.29, 0.717) is 22.5 Å². The molecule has 1 aromatic heterocycles. The van der Waals surface area contributed by atoms with Crippen molar-refractivity contribution in [3.05, 3.63) is 29.0 Å². The van der Waals surface area contributed by atoms with Gasteiger partial charge in [-0.1, -0.05) is 18.0 Å². The first-order chi connectivity index (χ1) is 10.6. The highest BCUT2D eigenvalue weighted by atomic mass is 35.5. The van der Waals surface area contributed by atoms with Gasteiger partial charge in [-0.2, -0.15) is 0 Å². The molecule has 4 bridgehead atoms. The number of pyridine rings is 1. The van der Waals surface area contributed by atoms with Crippen LogP contribution in [0.25, 0.3) is 0 Å². The van der Waals surface area contributed by atoms with E-state index in [2.05, 4.69) is 9.88 Å². The second-order valence-corrected chi connectivity index (χ2v) is 8.51. The van der Waals surface area contributed by atoms with Crippen molar-refractivity contribution in [2.24, 2.45) is 17.8 Å². The van der Waals surface area contributed by atoms with Crippen LogP contribution < -0.4 is 0 Å². The van der Waals surface area contributed by atoms with Gasteiger partial charge in [0.25, 0.3) is 0 Å². The molecule has 118 valence electrons. The van der Waals surface area contributed by atoms with Crippen LogP contribution in [-0.4, -0.2) is 33.6 Å². The molecule has 3 atom stereocenters. The lowest BCUT2D eigenvalue weighted by Crippen LogP contribution is -2.73. The maximum absolute atomic E-state index is 11.6. The highest BCUT2D eigenvalue weighted by Gasteiger charge is 2.63. The quantitative estimate of drug-likeness (QED) is 0.851. The highest BCUT2D eigenvalue weighted by molar-refractivity contribution is 6.29. The number of aliphatic hydroxyl groups is 1. The zero-order valence-corrected chi connectivity index (χ0v) is 13.6. The lowest BCUT2D eigenvalue weighted by Gasteiger charge is -2.70. The minimum absolute atomic E-state index is 0.340. The van der Waals surface area contributed by atoms with E-state index in [0.717, 1.165) is 37.4 Å². The minimum Gasteiger partial charge on any atom is -0.384 e. The van der Waals surface area contributed by atoms with E-state index in [1.807, 2.05) is 12.1 Å². The monoisotopic (exact) mass is 318 g/mol. The molecule has 5 fully saturated rings. The fourth-order valence-electron chi connectivity index (χ4n) is 5.78. The first kappa shape index (κ1) is 13.8. The van der Waals surface area contributed by atoms with Crippen molar-refractivity contribution in [3.8, 4) is 0 Å². The number of nitrogens with zero attached hydrogens (tertiary/aromatic N) is 2. The van der Waals surface area contributed by atoms with E-state index in [1.165, 1.54) is 25.7 Å². The lowest BCUT2D eigenvalue weighted by atomic mass is 9.48. The summed E-state index contributed by atoms with van der Waals surface area (Å²) >= 11 is 6.09. The Morgan fingerprint density at radius 2 is 1.86 bits per heavy atom. The van der Waals surface area contributed by atoms with Crippen LogP contribution in [0.1, 0.15) is 44.1 Å². The van der Waals surface area contributed by atoms with Gasteiger partial charge in [0.2, 0.25) is 0 Å². The second kappa shape index (κ2) is 4.46. The fourth-order valence-corrected chi connectivity index (χ4v) is 5.96. The third-order valence-corrected chi connectivity index (χ3v) is 7.30. The van der Waals surface area contributed by atoms with Gasteiger partial charge in [0.15, 0.2) is 0 Å². The van der Waals surface area contributed by atoms with Gasteiger partial charge in [-0.3, -0.25) is 4.90 Å².